The zero-order valence-corrected chi connectivity index (χ0v) is 12.6. The van der Waals surface area contributed by atoms with Gasteiger partial charge in [-0.25, -0.2) is 13.6 Å². The molecule has 2 N–H and O–H groups in total. The van der Waals surface area contributed by atoms with Gasteiger partial charge in [0.25, 0.3) is 0 Å². The van der Waals surface area contributed by atoms with Crippen molar-refractivity contribution in [2.75, 3.05) is 12.4 Å². The smallest absolute Gasteiger partial charge is 0.209 e. The molecule has 1 aromatic heterocycles. The predicted molar refractivity (Wildman–Crippen MR) is 74.5 cm³/mol. The number of hydrogen-bond donors (Lipinski definition) is 1. The molecule has 0 radical (unpaired) electrons. The first-order valence-corrected chi connectivity index (χ1v) is 8.20. The van der Waals surface area contributed by atoms with E-state index in [4.69, 9.17) is 9.88 Å². The molecule has 0 aliphatic heterocycles. The molecule has 0 fully saturated rings. The Morgan fingerprint density at radius 2 is 2.16 bits per heavy atom. The van der Waals surface area contributed by atoms with Crippen molar-refractivity contribution in [1.29, 1.82) is 0 Å². The third-order valence-corrected chi connectivity index (χ3v) is 3.69. The maximum Gasteiger partial charge on any atom is 0.209 e. The molecule has 1 aromatic rings. The van der Waals surface area contributed by atoms with Crippen molar-refractivity contribution in [2.24, 2.45) is 11.1 Å². The van der Waals surface area contributed by atoms with Gasteiger partial charge in [-0.15, -0.1) is 0 Å². The summed E-state index contributed by atoms with van der Waals surface area (Å²) in [4.78, 5) is 0. The number of primary sulfonamides is 1. The Labute approximate surface area is 115 Å². The molecular weight excluding hydrogens is 266 g/mol. The summed E-state index contributed by atoms with van der Waals surface area (Å²) in [5.74, 6) is 0.533. The van der Waals surface area contributed by atoms with Gasteiger partial charge in [0.15, 0.2) is 5.75 Å². The number of sulfonamides is 1. The summed E-state index contributed by atoms with van der Waals surface area (Å²) >= 11 is 0. The standard InChI is InChI=1S/C12H23N3O3S/c1-4-5-11(9-19(13,16)17)8-18-12-6-14-15(7-12)10(2)3/h6-7,10-11H,4-5,8-9H2,1-3H3,(H2,13,16,17). The molecule has 1 heterocycles. The molecule has 110 valence electrons. The lowest BCUT2D eigenvalue weighted by atomic mass is 10.1. The first-order valence-electron chi connectivity index (χ1n) is 6.49. The van der Waals surface area contributed by atoms with Crippen LogP contribution >= 0.6 is 0 Å². The van der Waals surface area contributed by atoms with E-state index in [9.17, 15) is 8.42 Å². The van der Waals surface area contributed by atoms with E-state index in [1.165, 1.54) is 0 Å². The van der Waals surface area contributed by atoms with Crippen LogP contribution in [-0.2, 0) is 10.0 Å². The van der Waals surface area contributed by atoms with Crippen LogP contribution in [-0.4, -0.2) is 30.6 Å². The molecule has 0 aromatic carbocycles. The lowest BCUT2D eigenvalue weighted by Gasteiger charge is -2.14. The Balaban J connectivity index is 2.55. The van der Waals surface area contributed by atoms with Crippen LogP contribution in [0.5, 0.6) is 5.75 Å². The minimum Gasteiger partial charge on any atom is -0.490 e. The molecule has 0 aliphatic carbocycles. The molecule has 0 amide bonds. The van der Waals surface area contributed by atoms with Crippen LogP contribution in [0.2, 0.25) is 0 Å². The van der Waals surface area contributed by atoms with Crippen molar-refractivity contribution in [2.45, 2.75) is 39.7 Å². The van der Waals surface area contributed by atoms with Crippen molar-refractivity contribution < 1.29 is 13.2 Å². The normalized spacial score (nSPS) is 13.7. The molecule has 19 heavy (non-hydrogen) atoms. The topological polar surface area (TPSA) is 87.2 Å². The van der Waals surface area contributed by atoms with Gasteiger partial charge in [0.1, 0.15) is 0 Å². The molecule has 0 saturated carbocycles. The average molecular weight is 289 g/mol. The zero-order chi connectivity index (χ0) is 14.5. The third-order valence-electron chi connectivity index (χ3n) is 2.76. The SMILES string of the molecule is CCCC(COc1cnn(C(C)C)c1)CS(N)(=O)=O. The summed E-state index contributed by atoms with van der Waals surface area (Å²) in [6.07, 6.45) is 5.12. The van der Waals surface area contributed by atoms with Gasteiger partial charge in [0.2, 0.25) is 10.0 Å². The van der Waals surface area contributed by atoms with Gasteiger partial charge in [-0.05, 0) is 20.3 Å². The average Bonchev–Trinajstić information content (AvgIpc) is 2.73. The molecule has 0 bridgehead atoms. The van der Waals surface area contributed by atoms with Gasteiger partial charge in [-0.2, -0.15) is 5.10 Å². The second-order valence-corrected chi connectivity index (χ2v) is 6.70. The lowest BCUT2D eigenvalue weighted by molar-refractivity contribution is 0.252. The molecule has 1 unspecified atom stereocenters. The van der Waals surface area contributed by atoms with Crippen LogP contribution in [0.25, 0.3) is 0 Å². The Morgan fingerprint density at radius 3 is 2.63 bits per heavy atom. The first-order chi connectivity index (χ1) is 8.81. The van der Waals surface area contributed by atoms with Crippen LogP contribution in [0.3, 0.4) is 0 Å². The first kappa shape index (κ1) is 16.0. The number of aromatic nitrogens is 2. The second-order valence-electron chi connectivity index (χ2n) is 5.05. The highest BCUT2D eigenvalue weighted by atomic mass is 32.2. The van der Waals surface area contributed by atoms with Crippen LogP contribution in [0.15, 0.2) is 12.4 Å². The molecule has 6 nitrogen and oxygen atoms in total. The van der Waals surface area contributed by atoms with Crippen LogP contribution in [0.4, 0.5) is 0 Å². The minimum atomic E-state index is -3.46. The maximum atomic E-state index is 11.1. The zero-order valence-electron chi connectivity index (χ0n) is 11.7. The summed E-state index contributed by atoms with van der Waals surface area (Å²) in [6.45, 7) is 6.40. The summed E-state index contributed by atoms with van der Waals surface area (Å²) in [5.41, 5.74) is 0. The summed E-state index contributed by atoms with van der Waals surface area (Å²) in [6, 6.07) is 0.271. The van der Waals surface area contributed by atoms with E-state index < -0.39 is 10.0 Å². The van der Waals surface area contributed by atoms with Gasteiger partial charge in [-0.3, -0.25) is 4.68 Å². The van der Waals surface area contributed by atoms with Gasteiger partial charge < -0.3 is 4.74 Å². The molecule has 1 atom stereocenters. The fourth-order valence-electron chi connectivity index (χ4n) is 1.84. The number of nitrogens with zero attached hydrogens (tertiary/aromatic N) is 2. The summed E-state index contributed by atoms with van der Waals surface area (Å²) < 4.78 is 29.6. The maximum absolute atomic E-state index is 11.1. The second kappa shape index (κ2) is 6.91. The number of hydrogen-bond acceptors (Lipinski definition) is 4. The lowest BCUT2D eigenvalue weighted by Crippen LogP contribution is -2.26. The van der Waals surface area contributed by atoms with E-state index in [2.05, 4.69) is 5.10 Å². The number of nitrogens with two attached hydrogens (primary N) is 1. The van der Waals surface area contributed by atoms with Gasteiger partial charge in [0.05, 0.1) is 24.8 Å². The molecule has 0 saturated heterocycles. The van der Waals surface area contributed by atoms with Crippen molar-refractivity contribution in [3.05, 3.63) is 12.4 Å². The van der Waals surface area contributed by atoms with Crippen molar-refractivity contribution in [3.63, 3.8) is 0 Å². The van der Waals surface area contributed by atoms with Gasteiger partial charge in [0, 0.05) is 12.0 Å². The third kappa shape index (κ3) is 6.07. The number of ether oxygens (including phenoxy) is 1. The molecule has 0 aliphatic rings. The van der Waals surface area contributed by atoms with Crippen molar-refractivity contribution in [3.8, 4) is 5.75 Å². The van der Waals surface area contributed by atoms with Crippen LogP contribution in [0, 0.1) is 5.92 Å². The Hall–Kier alpha value is -1.08. The van der Waals surface area contributed by atoms with E-state index in [0.717, 1.165) is 12.8 Å². The van der Waals surface area contributed by atoms with E-state index in [-0.39, 0.29) is 17.7 Å². The molecular formula is C12H23N3O3S. The molecule has 0 spiro atoms. The largest absolute Gasteiger partial charge is 0.490 e. The Kier molecular flexibility index (Phi) is 5.81. The fraction of sp³-hybridized carbons (Fsp3) is 0.750. The van der Waals surface area contributed by atoms with E-state index in [0.29, 0.717) is 12.4 Å². The van der Waals surface area contributed by atoms with Crippen molar-refractivity contribution >= 4 is 10.0 Å². The minimum absolute atomic E-state index is 0.0425. The molecule has 1 rings (SSSR count). The number of rotatable bonds is 8. The molecule has 7 heteroatoms. The quantitative estimate of drug-likeness (QED) is 0.786. The highest BCUT2D eigenvalue weighted by molar-refractivity contribution is 7.89. The Morgan fingerprint density at radius 1 is 1.47 bits per heavy atom. The summed E-state index contributed by atoms with van der Waals surface area (Å²) in [5, 5.41) is 9.24. The monoisotopic (exact) mass is 289 g/mol. The van der Waals surface area contributed by atoms with E-state index >= 15 is 0 Å². The van der Waals surface area contributed by atoms with E-state index in [1.807, 2.05) is 27.0 Å². The van der Waals surface area contributed by atoms with Crippen LogP contribution in [0.1, 0.15) is 39.7 Å². The van der Waals surface area contributed by atoms with E-state index in [1.54, 1.807) is 10.9 Å². The Bertz CT molecular complexity index is 482. The van der Waals surface area contributed by atoms with Crippen LogP contribution < -0.4 is 9.88 Å². The summed E-state index contributed by atoms with van der Waals surface area (Å²) in [7, 11) is -3.46. The van der Waals surface area contributed by atoms with Crippen molar-refractivity contribution in [1.82, 2.24) is 9.78 Å². The predicted octanol–water partition coefficient (Wildman–Crippen LogP) is 1.55. The highest BCUT2D eigenvalue weighted by Crippen LogP contribution is 2.15. The fourth-order valence-corrected chi connectivity index (χ4v) is 2.76. The van der Waals surface area contributed by atoms with Gasteiger partial charge >= 0.3 is 0 Å². The van der Waals surface area contributed by atoms with Gasteiger partial charge in [-0.1, -0.05) is 13.3 Å². The highest BCUT2D eigenvalue weighted by Gasteiger charge is 2.16.